The van der Waals surface area contributed by atoms with Gasteiger partial charge in [0.2, 0.25) is 0 Å². The molecule has 1 heterocycles. The third kappa shape index (κ3) is 2.42. The number of rotatable bonds is 3. The summed E-state index contributed by atoms with van der Waals surface area (Å²) in [4.78, 5) is 22.8. The van der Waals surface area contributed by atoms with Crippen LogP contribution in [0.5, 0.6) is 0 Å². The SMILES string of the molecule is Cc1cccc(NC(=O)c2cc(C=O)n(C)n2)c1C#N. The summed E-state index contributed by atoms with van der Waals surface area (Å²) in [7, 11) is 1.58. The molecule has 2 rings (SSSR count). The van der Waals surface area contributed by atoms with Crippen molar-refractivity contribution < 1.29 is 9.59 Å². The fourth-order valence-electron chi connectivity index (χ4n) is 1.81. The molecule has 1 aromatic carbocycles. The molecular weight excluding hydrogens is 256 g/mol. The maximum absolute atomic E-state index is 12.1. The number of benzene rings is 1. The van der Waals surface area contributed by atoms with E-state index in [9.17, 15) is 9.59 Å². The average molecular weight is 268 g/mol. The normalized spacial score (nSPS) is 9.85. The van der Waals surface area contributed by atoms with Gasteiger partial charge in [-0.25, -0.2) is 0 Å². The quantitative estimate of drug-likeness (QED) is 0.857. The Bertz CT molecular complexity index is 725. The topological polar surface area (TPSA) is 87.8 Å². The van der Waals surface area contributed by atoms with Crippen molar-refractivity contribution in [3.63, 3.8) is 0 Å². The Morgan fingerprint density at radius 1 is 1.50 bits per heavy atom. The molecule has 0 unspecified atom stereocenters. The molecule has 2 aromatic rings. The first kappa shape index (κ1) is 13.5. The minimum absolute atomic E-state index is 0.125. The van der Waals surface area contributed by atoms with Crippen LogP contribution in [-0.2, 0) is 7.05 Å². The summed E-state index contributed by atoms with van der Waals surface area (Å²) >= 11 is 0. The van der Waals surface area contributed by atoms with Crippen molar-refractivity contribution in [1.29, 1.82) is 5.26 Å². The predicted molar refractivity (Wildman–Crippen MR) is 72.4 cm³/mol. The van der Waals surface area contributed by atoms with Gasteiger partial charge >= 0.3 is 0 Å². The van der Waals surface area contributed by atoms with Gasteiger partial charge in [0.05, 0.1) is 11.3 Å². The highest BCUT2D eigenvalue weighted by Gasteiger charge is 2.14. The number of nitrogens with zero attached hydrogens (tertiary/aromatic N) is 3. The smallest absolute Gasteiger partial charge is 0.276 e. The van der Waals surface area contributed by atoms with Gasteiger partial charge in [0, 0.05) is 7.05 Å². The number of nitrogens with one attached hydrogen (secondary N) is 1. The number of carbonyl (C=O) groups excluding carboxylic acids is 2. The minimum Gasteiger partial charge on any atom is -0.319 e. The Balaban J connectivity index is 2.30. The maximum Gasteiger partial charge on any atom is 0.276 e. The first-order valence-electron chi connectivity index (χ1n) is 5.87. The molecule has 1 N–H and O–H groups in total. The van der Waals surface area contributed by atoms with E-state index < -0.39 is 5.91 Å². The first-order chi connectivity index (χ1) is 9.56. The average Bonchev–Trinajstić information content (AvgIpc) is 2.80. The first-order valence-corrected chi connectivity index (χ1v) is 5.87. The fourth-order valence-corrected chi connectivity index (χ4v) is 1.81. The number of aromatic nitrogens is 2. The number of nitriles is 1. The van der Waals surface area contributed by atoms with Crippen molar-refractivity contribution >= 4 is 17.9 Å². The number of aldehydes is 1. The Labute approximate surface area is 115 Å². The van der Waals surface area contributed by atoms with E-state index in [-0.39, 0.29) is 5.69 Å². The van der Waals surface area contributed by atoms with E-state index in [1.165, 1.54) is 10.7 Å². The zero-order valence-electron chi connectivity index (χ0n) is 11.0. The summed E-state index contributed by atoms with van der Waals surface area (Å²) in [5, 5.41) is 15.7. The van der Waals surface area contributed by atoms with Crippen LogP contribution in [0, 0.1) is 18.3 Å². The second-order valence-electron chi connectivity index (χ2n) is 4.26. The Morgan fingerprint density at radius 3 is 2.85 bits per heavy atom. The lowest BCUT2D eigenvalue weighted by Gasteiger charge is -2.07. The molecule has 0 spiro atoms. The van der Waals surface area contributed by atoms with Crippen molar-refractivity contribution in [2.45, 2.75) is 6.92 Å². The molecular formula is C14H12N4O2. The van der Waals surface area contributed by atoms with Gasteiger partial charge in [-0.3, -0.25) is 14.3 Å². The lowest BCUT2D eigenvalue weighted by atomic mass is 10.1. The van der Waals surface area contributed by atoms with E-state index in [1.807, 2.05) is 0 Å². The van der Waals surface area contributed by atoms with Gasteiger partial charge in [0.1, 0.15) is 11.8 Å². The second-order valence-corrected chi connectivity index (χ2v) is 4.26. The summed E-state index contributed by atoms with van der Waals surface area (Å²) in [6.07, 6.45) is 0.622. The number of hydrogen-bond donors (Lipinski definition) is 1. The lowest BCUT2D eigenvalue weighted by Crippen LogP contribution is -2.14. The molecule has 0 atom stereocenters. The van der Waals surface area contributed by atoms with E-state index in [2.05, 4.69) is 16.5 Å². The van der Waals surface area contributed by atoms with Gasteiger partial charge in [0.15, 0.2) is 12.0 Å². The standard InChI is InChI=1S/C14H12N4O2/c1-9-4-3-5-12(11(9)7-15)16-14(20)13-6-10(8-19)18(2)17-13/h3-6,8H,1-2H3,(H,16,20). The molecule has 0 radical (unpaired) electrons. The van der Waals surface area contributed by atoms with Crippen LogP contribution in [0.2, 0.25) is 0 Å². The van der Waals surface area contributed by atoms with Gasteiger partial charge in [-0.15, -0.1) is 0 Å². The van der Waals surface area contributed by atoms with E-state index in [0.29, 0.717) is 23.2 Å². The number of hydrogen-bond acceptors (Lipinski definition) is 4. The lowest BCUT2D eigenvalue weighted by molar-refractivity contribution is 0.102. The molecule has 0 aliphatic rings. The predicted octanol–water partition coefficient (Wildman–Crippen LogP) is 1.66. The van der Waals surface area contributed by atoms with E-state index >= 15 is 0 Å². The van der Waals surface area contributed by atoms with Crippen molar-refractivity contribution in [2.24, 2.45) is 7.05 Å². The van der Waals surface area contributed by atoms with Crippen LogP contribution in [0.15, 0.2) is 24.3 Å². The molecule has 0 saturated carbocycles. The van der Waals surface area contributed by atoms with Crippen molar-refractivity contribution in [3.05, 3.63) is 46.8 Å². The molecule has 0 saturated heterocycles. The van der Waals surface area contributed by atoms with Crippen LogP contribution < -0.4 is 5.32 Å². The van der Waals surface area contributed by atoms with Gasteiger partial charge in [-0.1, -0.05) is 12.1 Å². The second kappa shape index (κ2) is 5.36. The van der Waals surface area contributed by atoms with Crippen LogP contribution in [0.1, 0.15) is 32.1 Å². The number of anilines is 1. The summed E-state index contributed by atoms with van der Waals surface area (Å²) in [6, 6.07) is 8.63. The Hall–Kier alpha value is -2.94. The van der Waals surface area contributed by atoms with E-state index in [1.54, 1.807) is 32.2 Å². The molecule has 0 aliphatic carbocycles. The molecule has 0 aliphatic heterocycles. The monoisotopic (exact) mass is 268 g/mol. The molecule has 1 amide bonds. The third-order valence-electron chi connectivity index (χ3n) is 2.90. The Morgan fingerprint density at radius 2 is 2.25 bits per heavy atom. The minimum atomic E-state index is -0.462. The highest BCUT2D eigenvalue weighted by molar-refractivity contribution is 6.04. The zero-order chi connectivity index (χ0) is 14.7. The third-order valence-corrected chi connectivity index (χ3v) is 2.90. The van der Waals surface area contributed by atoms with E-state index in [4.69, 9.17) is 5.26 Å². The zero-order valence-corrected chi connectivity index (χ0v) is 11.0. The van der Waals surface area contributed by atoms with Crippen LogP contribution in [0.4, 0.5) is 5.69 Å². The molecule has 0 bridgehead atoms. The number of aryl methyl sites for hydroxylation is 2. The molecule has 1 aromatic heterocycles. The summed E-state index contributed by atoms with van der Waals surface area (Å²) < 4.78 is 1.32. The fraction of sp³-hybridized carbons (Fsp3) is 0.143. The van der Waals surface area contributed by atoms with Crippen LogP contribution in [0.3, 0.4) is 0 Å². The summed E-state index contributed by atoms with van der Waals surface area (Å²) in [6.45, 7) is 1.79. The van der Waals surface area contributed by atoms with Crippen LogP contribution >= 0.6 is 0 Å². The highest BCUT2D eigenvalue weighted by Crippen LogP contribution is 2.19. The Kier molecular flexibility index (Phi) is 3.62. The summed E-state index contributed by atoms with van der Waals surface area (Å²) in [5.41, 5.74) is 2.04. The van der Waals surface area contributed by atoms with Crippen molar-refractivity contribution in [1.82, 2.24) is 9.78 Å². The molecule has 6 nitrogen and oxygen atoms in total. The van der Waals surface area contributed by atoms with E-state index in [0.717, 1.165) is 5.56 Å². The van der Waals surface area contributed by atoms with Crippen molar-refractivity contribution in [3.8, 4) is 6.07 Å². The summed E-state index contributed by atoms with van der Waals surface area (Å²) in [5.74, 6) is -0.462. The van der Waals surface area contributed by atoms with Gasteiger partial charge in [-0.05, 0) is 24.6 Å². The van der Waals surface area contributed by atoms with Gasteiger partial charge in [0.25, 0.3) is 5.91 Å². The highest BCUT2D eigenvalue weighted by atomic mass is 16.2. The van der Waals surface area contributed by atoms with Gasteiger partial charge < -0.3 is 5.32 Å². The molecule has 20 heavy (non-hydrogen) atoms. The van der Waals surface area contributed by atoms with Crippen LogP contribution in [0.25, 0.3) is 0 Å². The van der Waals surface area contributed by atoms with Crippen LogP contribution in [-0.4, -0.2) is 22.0 Å². The molecule has 0 fully saturated rings. The molecule has 100 valence electrons. The van der Waals surface area contributed by atoms with Gasteiger partial charge in [-0.2, -0.15) is 10.4 Å². The van der Waals surface area contributed by atoms with Crippen molar-refractivity contribution in [2.75, 3.05) is 5.32 Å². The molecule has 6 heteroatoms. The maximum atomic E-state index is 12.1. The number of carbonyl (C=O) groups is 2. The largest absolute Gasteiger partial charge is 0.319 e. The number of amides is 1.